The Morgan fingerprint density at radius 3 is 2.63 bits per heavy atom. The number of carbonyl (C=O) groups excluding carboxylic acids is 1. The van der Waals surface area contributed by atoms with Crippen molar-refractivity contribution in [2.24, 2.45) is 0 Å². The SMILES string of the molecule is O=C(Nc1ccc(Br)cc1F)c1cccc(Cl)c1Cl. The summed E-state index contributed by atoms with van der Waals surface area (Å²) in [4.78, 5) is 12.0. The third-order valence-corrected chi connectivity index (χ3v) is 3.69. The van der Waals surface area contributed by atoms with Gasteiger partial charge in [-0.1, -0.05) is 45.2 Å². The van der Waals surface area contributed by atoms with Gasteiger partial charge in [-0.25, -0.2) is 4.39 Å². The first kappa shape index (κ1) is 14.3. The van der Waals surface area contributed by atoms with Crippen LogP contribution < -0.4 is 5.32 Å². The molecule has 0 unspecified atom stereocenters. The van der Waals surface area contributed by atoms with Crippen molar-refractivity contribution < 1.29 is 9.18 Å². The van der Waals surface area contributed by atoms with Crippen molar-refractivity contribution >= 4 is 50.7 Å². The molecule has 0 aromatic heterocycles. The summed E-state index contributed by atoms with van der Waals surface area (Å²) in [6.45, 7) is 0. The monoisotopic (exact) mass is 361 g/mol. The van der Waals surface area contributed by atoms with Gasteiger partial charge < -0.3 is 5.32 Å². The maximum Gasteiger partial charge on any atom is 0.257 e. The molecule has 19 heavy (non-hydrogen) atoms. The van der Waals surface area contributed by atoms with Crippen LogP contribution in [-0.2, 0) is 0 Å². The summed E-state index contributed by atoms with van der Waals surface area (Å²) in [6, 6.07) is 9.02. The van der Waals surface area contributed by atoms with Crippen LogP contribution in [-0.4, -0.2) is 5.91 Å². The summed E-state index contributed by atoms with van der Waals surface area (Å²) in [5, 5.41) is 2.85. The van der Waals surface area contributed by atoms with Gasteiger partial charge in [0.1, 0.15) is 5.82 Å². The van der Waals surface area contributed by atoms with Gasteiger partial charge in [0.05, 0.1) is 21.3 Å². The molecule has 0 spiro atoms. The Morgan fingerprint density at radius 1 is 1.21 bits per heavy atom. The Bertz CT molecular complexity index is 649. The molecule has 0 fully saturated rings. The molecule has 0 atom stereocenters. The molecule has 0 bridgehead atoms. The van der Waals surface area contributed by atoms with Crippen molar-refractivity contribution in [3.8, 4) is 0 Å². The highest BCUT2D eigenvalue weighted by Crippen LogP contribution is 2.27. The molecule has 2 nitrogen and oxygen atoms in total. The third-order valence-electron chi connectivity index (χ3n) is 2.38. The second-order valence-electron chi connectivity index (χ2n) is 3.68. The summed E-state index contributed by atoms with van der Waals surface area (Å²) >= 11 is 14.9. The molecular formula is C13H7BrCl2FNO. The molecule has 6 heteroatoms. The van der Waals surface area contributed by atoms with E-state index >= 15 is 0 Å². The summed E-state index contributed by atoms with van der Waals surface area (Å²) in [5.41, 5.74) is 0.265. The highest BCUT2D eigenvalue weighted by Gasteiger charge is 2.14. The Kier molecular flexibility index (Phi) is 4.45. The van der Waals surface area contributed by atoms with E-state index in [9.17, 15) is 9.18 Å². The second-order valence-corrected chi connectivity index (χ2v) is 5.38. The van der Waals surface area contributed by atoms with E-state index in [4.69, 9.17) is 23.2 Å². The quantitative estimate of drug-likeness (QED) is 0.786. The van der Waals surface area contributed by atoms with Gasteiger partial charge in [-0.2, -0.15) is 0 Å². The van der Waals surface area contributed by atoms with Gasteiger partial charge in [0.2, 0.25) is 0 Å². The lowest BCUT2D eigenvalue weighted by molar-refractivity contribution is 0.102. The maximum atomic E-state index is 13.6. The molecule has 0 saturated carbocycles. The van der Waals surface area contributed by atoms with Gasteiger partial charge in [0.25, 0.3) is 5.91 Å². The number of anilines is 1. The zero-order valence-corrected chi connectivity index (χ0v) is 12.5. The molecule has 0 heterocycles. The predicted octanol–water partition coefficient (Wildman–Crippen LogP) is 5.15. The molecule has 0 aliphatic heterocycles. The molecule has 98 valence electrons. The van der Waals surface area contributed by atoms with Crippen molar-refractivity contribution in [3.63, 3.8) is 0 Å². The van der Waals surface area contributed by atoms with Crippen LogP contribution in [0.25, 0.3) is 0 Å². The molecule has 1 N–H and O–H groups in total. The summed E-state index contributed by atoms with van der Waals surface area (Å²) in [6.07, 6.45) is 0. The number of carbonyl (C=O) groups is 1. The number of halogens is 4. The molecule has 0 saturated heterocycles. The van der Waals surface area contributed by atoms with Crippen molar-refractivity contribution in [1.82, 2.24) is 0 Å². The average Bonchev–Trinajstić information content (AvgIpc) is 2.36. The smallest absolute Gasteiger partial charge is 0.257 e. The van der Waals surface area contributed by atoms with Crippen LogP contribution in [0.3, 0.4) is 0 Å². The fraction of sp³-hybridized carbons (Fsp3) is 0. The number of amides is 1. The standard InChI is InChI=1S/C13H7BrCl2FNO/c14-7-4-5-11(10(17)6-7)18-13(19)8-2-1-3-9(15)12(8)16/h1-6H,(H,18,19). The molecule has 2 aromatic carbocycles. The first-order chi connectivity index (χ1) is 8.99. The largest absolute Gasteiger partial charge is 0.319 e. The van der Waals surface area contributed by atoms with E-state index in [1.165, 1.54) is 18.2 Å². The van der Waals surface area contributed by atoms with E-state index < -0.39 is 11.7 Å². The Balaban J connectivity index is 2.28. The highest BCUT2D eigenvalue weighted by molar-refractivity contribution is 9.10. The minimum Gasteiger partial charge on any atom is -0.319 e. The fourth-order valence-corrected chi connectivity index (χ4v) is 2.18. The van der Waals surface area contributed by atoms with Crippen LogP contribution >= 0.6 is 39.1 Å². The summed E-state index contributed by atoms with van der Waals surface area (Å²) < 4.78 is 14.2. The van der Waals surface area contributed by atoms with E-state index in [1.807, 2.05) is 0 Å². The minimum absolute atomic E-state index is 0.0734. The zero-order chi connectivity index (χ0) is 14.0. The molecule has 1 amide bonds. The van der Waals surface area contributed by atoms with E-state index in [0.717, 1.165) is 0 Å². The van der Waals surface area contributed by atoms with Crippen molar-refractivity contribution in [2.75, 3.05) is 5.32 Å². The molecule has 0 aliphatic rings. The van der Waals surface area contributed by atoms with Crippen LogP contribution in [0.2, 0.25) is 10.0 Å². The normalized spacial score (nSPS) is 10.3. The van der Waals surface area contributed by atoms with E-state index in [0.29, 0.717) is 4.47 Å². The number of rotatable bonds is 2. The second kappa shape index (κ2) is 5.90. The minimum atomic E-state index is -0.541. The van der Waals surface area contributed by atoms with Gasteiger partial charge in [-0.15, -0.1) is 0 Å². The number of hydrogen-bond donors (Lipinski definition) is 1. The van der Waals surface area contributed by atoms with E-state index in [-0.39, 0.29) is 21.3 Å². The summed E-state index contributed by atoms with van der Waals surface area (Å²) in [7, 11) is 0. The van der Waals surface area contributed by atoms with E-state index in [2.05, 4.69) is 21.2 Å². The zero-order valence-electron chi connectivity index (χ0n) is 9.38. The van der Waals surface area contributed by atoms with E-state index in [1.54, 1.807) is 18.2 Å². The molecule has 0 radical (unpaired) electrons. The van der Waals surface area contributed by atoms with Crippen molar-refractivity contribution in [2.45, 2.75) is 0 Å². The van der Waals surface area contributed by atoms with Gasteiger partial charge in [0, 0.05) is 4.47 Å². The lowest BCUT2D eigenvalue weighted by Crippen LogP contribution is -2.13. The van der Waals surface area contributed by atoms with Crippen molar-refractivity contribution in [3.05, 3.63) is 62.3 Å². The Morgan fingerprint density at radius 2 is 1.95 bits per heavy atom. The van der Waals surface area contributed by atoms with Crippen LogP contribution in [0.4, 0.5) is 10.1 Å². The van der Waals surface area contributed by atoms with Crippen LogP contribution in [0.5, 0.6) is 0 Å². The van der Waals surface area contributed by atoms with Gasteiger partial charge in [-0.05, 0) is 30.3 Å². The average molecular weight is 363 g/mol. The number of benzene rings is 2. The topological polar surface area (TPSA) is 29.1 Å². The van der Waals surface area contributed by atoms with Gasteiger partial charge in [-0.3, -0.25) is 4.79 Å². The number of nitrogens with one attached hydrogen (secondary N) is 1. The van der Waals surface area contributed by atoms with Crippen molar-refractivity contribution in [1.29, 1.82) is 0 Å². The lowest BCUT2D eigenvalue weighted by atomic mass is 10.2. The van der Waals surface area contributed by atoms with Gasteiger partial charge >= 0.3 is 0 Å². The first-order valence-electron chi connectivity index (χ1n) is 5.19. The fourth-order valence-electron chi connectivity index (χ4n) is 1.46. The van der Waals surface area contributed by atoms with Gasteiger partial charge in [0.15, 0.2) is 0 Å². The molecule has 2 aromatic rings. The Labute approximate surface area is 127 Å². The summed E-state index contributed by atoms with van der Waals surface area (Å²) in [5.74, 6) is -1.06. The van der Waals surface area contributed by atoms with Crippen LogP contribution in [0, 0.1) is 5.82 Å². The lowest BCUT2D eigenvalue weighted by Gasteiger charge is -2.08. The predicted molar refractivity (Wildman–Crippen MR) is 78.5 cm³/mol. The third kappa shape index (κ3) is 3.26. The van der Waals surface area contributed by atoms with Crippen LogP contribution in [0.1, 0.15) is 10.4 Å². The molecular weight excluding hydrogens is 356 g/mol. The maximum absolute atomic E-state index is 13.6. The Hall–Kier alpha value is -1.10. The first-order valence-corrected chi connectivity index (χ1v) is 6.74. The highest BCUT2D eigenvalue weighted by atomic mass is 79.9. The molecule has 0 aliphatic carbocycles. The van der Waals surface area contributed by atoms with Crippen LogP contribution in [0.15, 0.2) is 40.9 Å². The number of hydrogen-bond acceptors (Lipinski definition) is 1. The molecule has 2 rings (SSSR count).